The molecule has 0 spiro atoms. The first-order valence-corrected chi connectivity index (χ1v) is 34.0. The standard InChI is InChI=1S/C77H124O6/c1-4-7-10-13-16-18-20-22-24-26-28-30-32-34-36-37-38-39-41-42-44-46-48-50-52-54-56-58-61-64-67-70-76(79)82-73-74(72-81-75(78)69-66-63-60-15-12-9-6-3)83-77(80)71-68-65-62-59-57-55-53-51-49-47-45-43-40-35-33-31-29-27-25-23-21-19-17-14-11-8-5-2/h7-8,10-11,16-19,22-25,28-31,34-36,38-40,45,47,51,53,74H,4-6,9,12-15,20-21,26-27,32-33,37,41-44,46,48-50,52,54-73H2,1-3H3/b10-7-,11-8-,18-16-,19-17-,24-22-,25-23-,30-28-,31-29-,36-34-,39-38-,40-35-,47-45-,53-51-. The summed E-state index contributed by atoms with van der Waals surface area (Å²) >= 11 is 0. The number of rotatable bonds is 60. The molecule has 0 aliphatic carbocycles. The molecule has 0 rings (SSSR count). The Morgan fingerprint density at radius 1 is 0.253 bits per heavy atom. The van der Waals surface area contributed by atoms with Crippen LogP contribution in [-0.4, -0.2) is 37.2 Å². The number of carbonyl (C=O) groups excluding carboxylic acids is 3. The Morgan fingerprint density at radius 2 is 0.470 bits per heavy atom. The minimum Gasteiger partial charge on any atom is -0.462 e. The molecule has 83 heavy (non-hydrogen) atoms. The van der Waals surface area contributed by atoms with Crippen LogP contribution in [0, 0.1) is 0 Å². The van der Waals surface area contributed by atoms with Gasteiger partial charge < -0.3 is 14.2 Å². The summed E-state index contributed by atoms with van der Waals surface area (Å²) in [4.78, 5) is 38.2. The Bertz CT molecular complexity index is 1840. The zero-order valence-corrected chi connectivity index (χ0v) is 53.7. The van der Waals surface area contributed by atoms with E-state index in [4.69, 9.17) is 14.2 Å². The summed E-state index contributed by atoms with van der Waals surface area (Å²) in [5.41, 5.74) is 0. The van der Waals surface area contributed by atoms with Crippen LogP contribution >= 0.6 is 0 Å². The van der Waals surface area contributed by atoms with Crippen LogP contribution in [0.15, 0.2) is 158 Å². The second kappa shape index (κ2) is 69.5. The van der Waals surface area contributed by atoms with Crippen LogP contribution in [0.1, 0.15) is 290 Å². The molecule has 1 atom stereocenters. The predicted molar refractivity (Wildman–Crippen MR) is 362 cm³/mol. The molecule has 0 aromatic heterocycles. The van der Waals surface area contributed by atoms with Gasteiger partial charge in [-0.15, -0.1) is 0 Å². The summed E-state index contributed by atoms with van der Waals surface area (Å²) in [6, 6.07) is 0. The van der Waals surface area contributed by atoms with Crippen molar-refractivity contribution in [2.45, 2.75) is 297 Å². The summed E-state index contributed by atoms with van der Waals surface area (Å²) < 4.78 is 16.8. The van der Waals surface area contributed by atoms with Gasteiger partial charge in [-0.3, -0.25) is 14.4 Å². The van der Waals surface area contributed by atoms with E-state index >= 15 is 0 Å². The van der Waals surface area contributed by atoms with Crippen LogP contribution in [0.5, 0.6) is 0 Å². The van der Waals surface area contributed by atoms with Gasteiger partial charge in [0.05, 0.1) is 0 Å². The molecular formula is C77H124O6. The van der Waals surface area contributed by atoms with Gasteiger partial charge in [-0.2, -0.15) is 0 Å². The van der Waals surface area contributed by atoms with Crippen LogP contribution in [0.25, 0.3) is 0 Å². The van der Waals surface area contributed by atoms with Gasteiger partial charge in [0.2, 0.25) is 0 Å². The molecule has 6 nitrogen and oxygen atoms in total. The number of carbonyl (C=O) groups is 3. The molecule has 0 aromatic rings. The molecule has 468 valence electrons. The van der Waals surface area contributed by atoms with Crippen molar-refractivity contribution in [2.75, 3.05) is 13.2 Å². The van der Waals surface area contributed by atoms with Gasteiger partial charge in [-0.1, -0.05) is 301 Å². The summed E-state index contributed by atoms with van der Waals surface area (Å²) in [6.45, 7) is 6.36. The third-order valence-electron chi connectivity index (χ3n) is 14.0. The summed E-state index contributed by atoms with van der Waals surface area (Å²) in [6.07, 6.45) is 101. The molecule has 0 aromatic carbocycles. The van der Waals surface area contributed by atoms with Crippen molar-refractivity contribution in [1.82, 2.24) is 0 Å². The van der Waals surface area contributed by atoms with Crippen molar-refractivity contribution in [3.63, 3.8) is 0 Å². The maximum Gasteiger partial charge on any atom is 0.306 e. The molecule has 0 saturated heterocycles. The highest BCUT2D eigenvalue weighted by Crippen LogP contribution is 2.15. The van der Waals surface area contributed by atoms with E-state index in [2.05, 4.69) is 179 Å². The molecule has 0 heterocycles. The summed E-state index contributed by atoms with van der Waals surface area (Å²) in [7, 11) is 0. The van der Waals surface area contributed by atoms with Crippen LogP contribution in [0.2, 0.25) is 0 Å². The third kappa shape index (κ3) is 67.7. The second-order valence-corrected chi connectivity index (χ2v) is 22.0. The molecule has 0 aliphatic heterocycles. The first kappa shape index (κ1) is 78.0. The van der Waals surface area contributed by atoms with Crippen molar-refractivity contribution >= 4 is 17.9 Å². The topological polar surface area (TPSA) is 78.9 Å². The Morgan fingerprint density at radius 3 is 0.735 bits per heavy atom. The molecule has 1 unspecified atom stereocenters. The molecule has 0 N–H and O–H groups in total. The molecule has 6 heteroatoms. The number of unbranched alkanes of at least 4 members (excludes halogenated alkanes) is 23. The van der Waals surface area contributed by atoms with Crippen LogP contribution < -0.4 is 0 Å². The van der Waals surface area contributed by atoms with Gasteiger partial charge in [0.1, 0.15) is 13.2 Å². The van der Waals surface area contributed by atoms with E-state index in [0.717, 1.165) is 161 Å². The van der Waals surface area contributed by atoms with Gasteiger partial charge in [-0.05, 0) is 128 Å². The van der Waals surface area contributed by atoms with Crippen LogP contribution in [0.4, 0.5) is 0 Å². The first-order chi connectivity index (χ1) is 41.0. The molecular weight excluding hydrogens is 1020 g/mol. The minimum absolute atomic E-state index is 0.0902. The van der Waals surface area contributed by atoms with E-state index in [-0.39, 0.29) is 31.1 Å². The third-order valence-corrected chi connectivity index (χ3v) is 14.0. The van der Waals surface area contributed by atoms with E-state index in [1.165, 1.54) is 89.9 Å². The molecule has 0 bridgehead atoms. The van der Waals surface area contributed by atoms with E-state index < -0.39 is 6.10 Å². The normalized spacial score (nSPS) is 13.1. The highest BCUT2D eigenvalue weighted by Gasteiger charge is 2.19. The lowest BCUT2D eigenvalue weighted by atomic mass is 10.0. The predicted octanol–water partition coefficient (Wildman–Crippen LogP) is 23.7. The minimum atomic E-state index is -0.794. The van der Waals surface area contributed by atoms with E-state index in [1.54, 1.807) is 0 Å². The van der Waals surface area contributed by atoms with Crippen molar-refractivity contribution in [1.29, 1.82) is 0 Å². The van der Waals surface area contributed by atoms with Gasteiger partial charge >= 0.3 is 17.9 Å². The maximum absolute atomic E-state index is 12.9. The zero-order chi connectivity index (χ0) is 59.9. The fourth-order valence-corrected chi connectivity index (χ4v) is 9.01. The molecule has 0 aliphatic rings. The van der Waals surface area contributed by atoms with Gasteiger partial charge in [-0.25, -0.2) is 0 Å². The Balaban J connectivity index is 4.18. The van der Waals surface area contributed by atoms with E-state index in [1.807, 2.05) is 0 Å². The maximum atomic E-state index is 12.9. The molecule has 0 amide bonds. The van der Waals surface area contributed by atoms with Crippen molar-refractivity contribution in [3.05, 3.63) is 158 Å². The first-order valence-electron chi connectivity index (χ1n) is 34.0. The fraction of sp³-hybridized carbons (Fsp3) is 0.623. The molecule has 0 saturated carbocycles. The van der Waals surface area contributed by atoms with E-state index in [9.17, 15) is 14.4 Å². The highest BCUT2D eigenvalue weighted by atomic mass is 16.6. The smallest absolute Gasteiger partial charge is 0.306 e. The van der Waals surface area contributed by atoms with Gasteiger partial charge in [0.25, 0.3) is 0 Å². The zero-order valence-electron chi connectivity index (χ0n) is 53.7. The number of esters is 3. The Kier molecular flexibility index (Phi) is 65.4. The van der Waals surface area contributed by atoms with Crippen molar-refractivity contribution in [3.8, 4) is 0 Å². The number of ether oxygens (including phenoxy) is 3. The fourth-order valence-electron chi connectivity index (χ4n) is 9.01. The van der Waals surface area contributed by atoms with Gasteiger partial charge in [0.15, 0.2) is 6.10 Å². The lowest BCUT2D eigenvalue weighted by Crippen LogP contribution is -2.30. The van der Waals surface area contributed by atoms with Crippen molar-refractivity contribution in [2.24, 2.45) is 0 Å². The quantitative estimate of drug-likeness (QED) is 0.0261. The number of hydrogen-bond acceptors (Lipinski definition) is 6. The SMILES string of the molecule is CC/C=C\C/C=C\C/C=C\C/C=C\C/C=C\C/C=C\C/C=C\CCCCCCCC(=O)OC(COC(=O)CCCCCCCCC)COC(=O)CCCCCCCCCCCCCC/C=C\C/C=C\C/C=C\C/C=C\C/C=C\C/C=C\CC. The Hall–Kier alpha value is -4.97. The van der Waals surface area contributed by atoms with E-state index in [0.29, 0.717) is 19.3 Å². The summed E-state index contributed by atoms with van der Waals surface area (Å²) in [5, 5.41) is 0. The molecule has 0 fully saturated rings. The summed E-state index contributed by atoms with van der Waals surface area (Å²) in [5.74, 6) is -0.918. The number of allylic oxidation sites excluding steroid dienone is 26. The number of hydrogen-bond donors (Lipinski definition) is 0. The van der Waals surface area contributed by atoms with Crippen LogP contribution in [0.3, 0.4) is 0 Å². The lowest BCUT2D eigenvalue weighted by Gasteiger charge is -2.18. The second-order valence-electron chi connectivity index (χ2n) is 22.0. The largest absolute Gasteiger partial charge is 0.462 e. The lowest BCUT2D eigenvalue weighted by molar-refractivity contribution is -0.167. The Labute approximate surface area is 511 Å². The highest BCUT2D eigenvalue weighted by molar-refractivity contribution is 5.71. The molecule has 0 radical (unpaired) electrons. The monoisotopic (exact) mass is 1140 g/mol. The average molecular weight is 1150 g/mol. The van der Waals surface area contributed by atoms with Crippen LogP contribution in [-0.2, 0) is 28.6 Å². The average Bonchev–Trinajstić information content (AvgIpc) is 3.49. The van der Waals surface area contributed by atoms with Crippen molar-refractivity contribution < 1.29 is 28.6 Å². The van der Waals surface area contributed by atoms with Gasteiger partial charge in [0, 0.05) is 19.3 Å².